The van der Waals surface area contributed by atoms with Gasteiger partial charge in [-0.05, 0) is 6.92 Å². The van der Waals surface area contributed by atoms with Crippen molar-refractivity contribution < 1.29 is 13.6 Å². The molecule has 5 heteroatoms. The van der Waals surface area contributed by atoms with E-state index in [1.165, 1.54) is 6.92 Å². The average Bonchev–Trinajstić information content (AvgIpc) is 2.29. The Morgan fingerprint density at radius 1 is 1.58 bits per heavy atom. The highest BCUT2D eigenvalue weighted by atomic mass is 32.1. The van der Waals surface area contributed by atoms with Gasteiger partial charge < -0.3 is 0 Å². The molecule has 12 heavy (non-hydrogen) atoms. The van der Waals surface area contributed by atoms with Crippen molar-refractivity contribution >= 4 is 17.6 Å². The molecule has 0 atom stereocenters. The zero-order valence-corrected chi connectivity index (χ0v) is 7.41. The Hall–Kier alpha value is -0.840. The smallest absolute Gasteiger partial charge is 0.281 e. The second-order valence-corrected chi connectivity index (χ2v) is 3.50. The van der Waals surface area contributed by atoms with E-state index < -0.39 is 5.92 Å². The van der Waals surface area contributed by atoms with Gasteiger partial charge in [-0.3, -0.25) is 4.79 Å². The summed E-state index contributed by atoms with van der Waals surface area (Å²) in [7, 11) is 0. The molecule has 0 aliphatic heterocycles. The van der Waals surface area contributed by atoms with Crippen molar-refractivity contribution in [3.8, 4) is 0 Å². The first-order valence-electron chi connectivity index (χ1n) is 3.26. The van der Waals surface area contributed by atoms with Gasteiger partial charge >= 0.3 is 0 Å². The van der Waals surface area contributed by atoms with Crippen LogP contribution in [-0.4, -0.2) is 11.3 Å². The fourth-order valence-electron chi connectivity index (χ4n) is 0.875. The second-order valence-electron chi connectivity index (χ2n) is 2.47. The third-order valence-corrected chi connectivity index (χ3v) is 2.57. The van der Waals surface area contributed by atoms with Crippen LogP contribution in [0.2, 0.25) is 0 Å². The summed E-state index contributed by atoms with van der Waals surface area (Å²) in [4.78, 5) is 13.7. The molecule has 1 heterocycles. The highest BCUT2D eigenvalue weighted by Crippen LogP contribution is 2.33. The molecule has 0 fully saturated rings. The van der Waals surface area contributed by atoms with Crippen molar-refractivity contribution in [1.82, 2.24) is 4.98 Å². The quantitative estimate of drug-likeness (QED) is 0.672. The monoisotopic (exact) mass is 191 g/mol. The van der Waals surface area contributed by atoms with Gasteiger partial charge in [0.15, 0.2) is 11.3 Å². The number of thiazole rings is 1. The molecule has 0 unspecified atom stereocenters. The molecule has 0 amide bonds. The van der Waals surface area contributed by atoms with Gasteiger partial charge in [0.2, 0.25) is 0 Å². The topological polar surface area (TPSA) is 30.0 Å². The number of rotatable bonds is 2. The molecule has 1 aromatic heterocycles. The van der Waals surface area contributed by atoms with Crippen LogP contribution in [0.5, 0.6) is 0 Å². The summed E-state index contributed by atoms with van der Waals surface area (Å²) in [6.07, 6.45) is 0.479. The van der Waals surface area contributed by atoms with Crippen LogP contribution in [0.1, 0.15) is 27.3 Å². The van der Waals surface area contributed by atoms with E-state index in [0.29, 0.717) is 6.29 Å². The minimum Gasteiger partial charge on any atom is -0.295 e. The van der Waals surface area contributed by atoms with Crippen LogP contribution in [-0.2, 0) is 5.92 Å². The number of aromatic nitrogens is 1. The maximum Gasteiger partial charge on any atom is 0.281 e. The summed E-state index contributed by atoms with van der Waals surface area (Å²) in [5.41, 5.74) is 0.231. The minimum atomic E-state index is -2.90. The summed E-state index contributed by atoms with van der Waals surface area (Å²) < 4.78 is 25.4. The molecule has 0 bridgehead atoms. The molecule has 1 aromatic rings. The van der Waals surface area contributed by atoms with E-state index in [2.05, 4.69) is 4.98 Å². The highest BCUT2D eigenvalue weighted by molar-refractivity contribution is 7.13. The van der Waals surface area contributed by atoms with Gasteiger partial charge in [0.1, 0.15) is 0 Å². The minimum absolute atomic E-state index is 0.101. The second kappa shape index (κ2) is 2.90. The lowest BCUT2D eigenvalue weighted by atomic mass is 10.3. The van der Waals surface area contributed by atoms with E-state index in [0.717, 1.165) is 18.3 Å². The summed E-state index contributed by atoms with van der Waals surface area (Å²) in [6.45, 7) is 2.26. The normalized spacial score (nSPS) is 11.7. The number of nitrogens with zero attached hydrogens (tertiary/aromatic N) is 1. The fraction of sp³-hybridized carbons (Fsp3) is 0.429. The maximum absolute atomic E-state index is 12.7. The summed E-state index contributed by atoms with van der Waals surface area (Å²) in [5, 5.41) is 0.101. The predicted molar refractivity (Wildman–Crippen MR) is 41.8 cm³/mol. The molecule has 0 N–H and O–H groups in total. The standard InChI is InChI=1S/C7H7F2NOS/c1-4-6(7(2,8)9)12-5(3-11)10-4/h3H,1-2H3. The number of aldehydes is 1. The number of halogens is 2. The fourth-order valence-corrected chi connectivity index (χ4v) is 1.69. The summed E-state index contributed by atoms with van der Waals surface area (Å²) >= 11 is 0.737. The molecule has 0 spiro atoms. The van der Waals surface area contributed by atoms with Gasteiger partial charge in [0.25, 0.3) is 5.92 Å². The first-order chi connectivity index (χ1) is 5.45. The van der Waals surface area contributed by atoms with Crippen molar-refractivity contribution in [1.29, 1.82) is 0 Å². The molecular weight excluding hydrogens is 184 g/mol. The Labute approximate surface area is 72.2 Å². The SMILES string of the molecule is Cc1nc(C=O)sc1C(C)(F)F. The number of alkyl halides is 2. The van der Waals surface area contributed by atoms with E-state index >= 15 is 0 Å². The van der Waals surface area contributed by atoms with Gasteiger partial charge in [0, 0.05) is 6.92 Å². The predicted octanol–water partition coefficient (Wildman–Crippen LogP) is 2.38. The molecular formula is C7H7F2NOS. The molecule has 0 radical (unpaired) electrons. The van der Waals surface area contributed by atoms with E-state index in [1.54, 1.807) is 0 Å². The van der Waals surface area contributed by atoms with Gasteiger partial charge in [0.05, 0.1) is 10.6 Å². The van der Waals surface area contributed by atoms with Crippen LogP contribution >= 0.6 is 11.3 Å². The number of hydrogen-bond donors (Lipinski definition) is 0. The van der Waals surface area contributed by atoms with Crippen LogP contribution in [0, 0.1) is 6.92 Å². The van der Waals surface area contributed by atoms with Gasteiger partial charge in [-0.25, -0.2) is 13.8 Å². The molecule has 1 rings (SSSR count). The lowest BCUT2D eigenvalue weighted by Crippen LogP contribution is -2.05. The van der Waals surface area contributed by atoms with E-state index in [-0.39, 0.29) is 15.6 Å². The summed E-state index contributed by atoms with van der Waals surface area (Å²) in [5.74, 6) is -2.90. The van der Waals surface area contributed by atoms with Gasteiger partial charge in [-0.1, -0.05) is 0 Å². The van der Waals surface area contributed by atoms with Crippen LogP contribution in [0.15, 0.2) is 0 Å². The van der Waals surface area contributed by atoms with E-state index in [4.69, 9.17) is 0 Å². The maximum atomic E-state index is 12.7. The number of carbonyl (C=O) groups excluding carboxylic acids is 1. The largest absolute Gasteiger partial charge is 0.295 e. The number of carbonyl (C=O) groups is 1. The van der Waals surface area contributed by atoms with Crippen LogP contribution in [0.3, 0.4) is 0 Å². The highest BCUT2D eigenvalue weighted by Gasteiger charge is 2.29. The van der Waals surface area contributed by atoms with Gasteiger partial charge in [-0.15, -0.1) is 11.3 Å². The Bertz CT molecular complexity index is 303. The van der Waals surface area contributed by atoms with Crippen LogP contribution in [0.4, 0.5) is 8.78 Å². The van der Waals surface area contributed by atoms with E-state index in [9.17, 15) is 13.6 Å². The number of aryl methyl sites for hydroxylation is 1. The van der Waals surface area contributed by atoms with Crippen molar-refractivity contribution in [2.45, 2.75) is 19.8 Å². The van der Waals surface area contributed by atoms with Gasteiger partial charge in [-0.2, -0.15) is 0 Å². The zero-order valence-electron chi connectivity index (χ0n) is 6.60. The number of hydrogen-bond acceptors (Lipinski definition) is 3. The molecule has 0 aromatic carbocycles. The van der Waals surface area contributed by atoms with Crippen molar-refractivity contribution in [2.75, 3.05) is 0 Å². The Morgan fingerprint density at radius 3 is 2.42 bits per heavy atom. The van der Waals surface area contributed by atoms with Crippen molar-refractivity contribution in [3.63, 3.8) is 0 Å². The lowest BCUT2D eigenvalue weighted by Gasteiger charge is -2.06. The van der Waals surface area contributed by atoms with E-state index in [1.807, 2.05) is 0 Å². The van der Waals surface area contributed by atoms with Crippen molar-refractivity contribution in [2.24, 2.45) is 0 Å². The first kappa shape index (κ1) is 9.25. The molecule has 2 nitrogen and oxygen atoms in total. The summed E-state index contributed by atoms with van der Waals surface area (Å²) in [6, 6.07) is 0. The lowest BCUT2D eigenvalue weighted by molar-refractivity contribution is 0.0206. The molecule has 0 saturated heterocycles. The van der Waals surface area contributed by atoms with Crippen LogP contribution in [0.25, 0.3) is 0 Å². The Morgan fingerprint density at radius 2 is 2.17 bits per heavy atom. The first-order valence-corrected chi connectivity index (χ1v) is 4.07. The third kappa shape index (κ3) is 1.66. The third-order valence-electron chi connectivity index (χ3n) is 1.31. The molecule has 0 aliphatic rings. The van der Waals surface area contributed by atoms with Crippen molar-refractivity contribution in [3.05, 3.63) is 15.6 Å². The molecule has 66 valence electrons. The van der Waals surface area contributed by atoms with Crippen LogP contribution < -0.4 is 0 Å². The molecule has 0 saturated carbocycles. The Balaban J connectivity index is 3.16. The molecule has 0 aliphatic carbocycles. The Kier molecular flexibility index (Phi) is 2.23. The zero-order chi connectivity index (χ0) is 9.35. The average molecular weight is 191 g/mol.